The fourth-order valence-corrected chi connectivity index (χ4v) is 2.44. The lowest BCUT2D eigenvalue weighted by atomic mass is 10.1. The predicted octanol–water partition coefficient (Wildman–Crippen LogP) is 3.62. The lowest BCUT2D eigenvalue weighted by molar-refractivity contribution is 0.102. The van der Waals surface area contributed by atoms with E-state index >= 15 is 0 Å². The van der Waals surface area contributed by atoms with Gasteiger partial charge in [-0.15, -0.1) is 0 Å². The number of benzene rings is 2. The largest absolute Gasteiger partial charge is 0.421 e. The van der Waals surface area contributed by atoms with Gasteiger partial charge in [-0.1, -0.05) is 18.2 Å². The molecule has 0 radical (unpaired) electrons. The number of hydrogen-bond acceptors (Lipinski definition) is 4. The first-order chi connectivity index (χ1) is 11.6. The van der Waals surface area contributed by atoms with Crippen molar-refractivity contribution in [2.45, 2.75) is 6.92 Å². The van der Waals surface area contributed by atoms with Gasteiger partial charge in [0.05, 0.1) is 5.69 Å². The molecule has 0 aliphatic rings. The first kappa shape index (κ1) is 15.7. The van der Waals surface area contributed by atoms with Crippen LogP contribution >= 0.6 is 0 Å². The Morgan fingerprint density at radius 2 is 1.92 bits per heavy atom. The van der Waals surface area contributed by atoms with Gasteiger partial charge in [0, 0.05) is 17.5 Å². The summed E-state index contributed by atoms with van der Waals surface area (Å²) in [4.78, 5) is 24.6. The topological polar surface area (TPSA) is 71.3 Å². The Kier molecular flexibility index (Phi) is 4.29. The van der Waals surface area contributed by atoms with Crippen LogP contribution in [0.5, 0.6) is 0 Å². The molecule has 0 unspecified atom stereocenters. The number of para-hydroxylation sites is 1. The molecule has 0 saturated heterocycles. The van der Waals surface area contributed by atoms with E-state index < -0.39 is 17.3 Å². The summed E-state index contributed by atoms with van der Waals surface area (Å²) >= 11 is 0. The fourth-order valence-electron chi connectivity index (χ4n) is 2.44. The highest BCUT2D eigenvalue weighted by molar-refractivity contribution is 6.08. The molecule has 3 aromatic rings. The van der Waals surface area contributed by atoms with Crippen LogP contribution in [0.1, 0.15) is 17.3 Å². The third kappa shape index (κ3) is 2.99. The number of nitrogens with one attached hydrogen (secondary N) is 2. The summed E-state index contributed by atoms with van der Waals surface area (Å²) in [7, 11) is 0. The van der Waals surface area contributed by atoms with Crippen LogP contribution in [0.2, 0.25) is 0 Å². The van der Waals surface area contributed by atoms with Gasteiger partial charge in [0.25, 0.3) is 5.91 Å². The van der Waals surface area contributed by atoms with Crippen molar-refractivity contribution >= 4 is 28.3 Å². The Balaban J connectivity index is 2.08. The molecule has 0 aliphatic heterocycles. The SMILES string of the molecule is CCNc1c(NC(=O)c2cccc(F)c2)c(=O)oc2ccccc12. The van der Waals surface area contributed by atoms with Crippen LogP contribution in [0, 0.1) is 5.82 Å². The van der Waals surface area contributed by atoms with E-state index in [0.717, 1.165) is 6.07 Å². The average Bonchev–Trinajstić information content (AvgIpc) is 2.58. The number of fused-ring (bicyclic) bond motifs is 1. The van der Waals surface area contributed by atoms with Gasteiger partial charge >= 0.3 is 5.63 Å². The molecule has 2 N–H and O–H groups in total. The molecule has 3 rings (SSSR count). The molecule has 1 aromatic heterocycles. The maximum atomic E-state index is 13.3. The normalized spacial score (nSPS) is 10.6. The Bertz CT molecular complexity index is 966. The van der Waals surface area contributed by atoms with E-state index in [4.69, 9.17) is 4.42 Å². The zero-order chi connectivity index (χ0) is 17.1. The van der Waals surface area contributed by atoms with E-state index in [1.54, 1.807) is 24.3 Å². The summed E-state index contributed by atoms with van der Waals surface area (Å²) in [5.41, 5.74) is 0.348. The maximum Gasteiger partial charge on any atom is 0.362 e. The van der Waals surface area contributed by atoms with Crippen molar-refractivity contribution in [3.05, 3.63) is 70.3 Å². The molecule has 1 amide bonds. The minimum Gasteiger partial charge on any atom is -0.421 e. The Morgan fingerprint density at radius 3 is 2.67 bits per heavy atom. The van der Waals surface area contributed by atoms with Crippen molar-refractivity contribution in [1.29, 1.82) is 0 Å². The average molecular weight is 326 g/mol. The van der Waals surface area contributed by atoms with E-state index in [1.165, 1.54) is 18.2 Å². The monoisotopic (exact) mass is 326 g/mol. The van der Waals surface area contributed by atoms with Crippen LogP contribution < -0.4 is 16.3 Å². The quantitative estimate of drug-likeness (QED) is 0.718. The van der Waals surface area contributed by atoms with Gasteiger partial charge in [-0.2, -0.15) is 0 Å². The molecule has 0 aliphatic carbocycles. The van der Waals surface area contributed by atoms with Gasteiger partial charge < -0.3 is 15.1 Å². The highest BCUT2D eigenvalue weighted by atomic mass is 19.1. The highest BCUT2D eigenvalue weighted by Crippen LogP contribution is 2.28. The molecule has 0 spiro atoms. The molecular formula is C18H15FN2O3. The molecule has 1 heterocycles. The number of rotatable bonds is 4. The number of carbonyl (C=O) groups excluding carboxylic acids is 1. The summed E-state index contributed by atoms with van der Waals surface area (Å²) in [6, 6.07) is 12.3. The smallest absolute Gasteiger partial charge is 0.362 e. The van der Waals surface area contributed by atoms with Crippen molar-refractivity contribution in [3.63, 3.8) is 0 Å². The van der Waals surface area contributed by atoms with Gasteiger partial charge in [-0.25, -0.2) is 9.18 Å². The van der Waals surface area contributed by atoms with Crippen LogP contribution in [-0.4, -0.2) is 12.5 Å². The van der Waals surface area contributed by atoms with E-state index in [-0.39, 0.29) is 11.3 Å². The van der Waals surface area contributed by atoms with Gasteiger partial charge in [-0.3, -0.25) is 4.79 Å². The van der Waals surface area contributed by atoms with E-state index in [0.29, 0.717) is 23.2 Å². The summed E-state index contributed by atoms with van der Waals surface area (Å²) < 4.78 is 18.5. The molecule has 2 aromatic carbocycles. The van der Waals surface area contributed by atoms with E-state index in [1.807, 2.05) is 6.92 Å². The predicted molar refractivity (Wildman–Crippen MR) is 91.0 cm³/mol. The number of hydrogen-bond donors (Lipinski definition) is 2. The zero-order valence-electron chi connectivity index (χ0n) is 12.9. The van der Waals surface area contributed by atoms with Gasteiger partial charge in [-0.05, 0) is 37.3 Å². The summed E-state index contributed by atoms with van der Waals surface area (Å²) in [6.45, 7) is 2.43. The molecule has 0 bridgehead atoms. The molecule has 0 saturated carbocycles. The van der Waals surface area contributed by atoms with Crippen LogP contribution in [0.25, 0.3) is 11.0 Å². The minimum atomic E-state index is -0.672. The van der Waals surface area contributed by atoms with Gasteiger partial charge in [0.1, 0.15) is 11.4 Å². The second-order valence-electron chi connectivity index (χ2n) is 5.13. The molecule has 24 heavy (non-hydrogen) atoms. The molecular weight excluding hydrogens is 311 g/mol. The zero-order valence-corrected chi connectivity index (χ0v) is 12.9. The molecule has 6 heteroatoms. The van der Waals surface area contributed by atoms with Crippen molar-refractivity contribution < 1.29 is 13.6 Å². The molecule has 5 nitrogen and oxygen atoms in total. The summed E-state index contributed by atoms with van der Waals surface area (Å²) in [6.07, 6.45) is 0. The molecule has 0 atom stereocenters. The van der Waals surface area contributed by atoms with Crippen LogP contribution in [0.3, 0.4) is 0 Å². The molecule has 122 valence electrons. The van der Waals surface area contributed by atoms with Gasteiger partial charge in [0.2, 0.25) is 0 Å². The van der Waals surface area contributed by atoms with Crippen molar-refractivity contribution in [2.75, 3.05) is 17.2 Å². The number of anilines is 2. The van der Waals surface area contributed by atoms with Crippen molar-refractivity contribution in [1.82, 2.24) is 0 Å². The number of amides is 1. The van der Waals surface area contributed by atoms with E-state index in [9.17, 15) is 14.0 Å². The standard InChI is InChI=1S/C18H15FN2O3/c1-2-20-15-13-8-3-4-9-14(13)24-18(23)16(15)21-17(22)11-6-5-7-12(19)10-11/h3-10,20H,2H2,1H3,(H,21,22). The lowest BCUT2D eigenvalue weighted by Crippen LogP contribution is -2.20. The second kappa shape index (κ2) is 6.54. The van der Waals surface area contributed by atoms with Crippen LogP contribution in [-0.2, 0) is 0 Å². The van der Waals surface area contributed by atoms with Crippen LogP contribution in [0.15, 0.2) is 57.7 Å². The van der Waals surface area contributed by atoms with Crippen LogP contribution in [0.4, 0.5) is 15.8 Å². The summed E-state index contributed by atoms with van der Waals surface area (Å²) in [5, 5.41) is 6.28. The van der Waals surface area contributed by atoms with Gasteiger partial charge in [0.15, 0.2) is 5.69 Å². The third-order valence-corrected chi connectivity index (χ3v) is 3.49. The Morgan fingerprint density at radius 1 is 1.12 bits per heavy atom. The molecule has 0 fully saturated rings. The third-order valence-electron chi connectivity index (χ3n) is 3.49. The Hall–Kier alpha value is -3.15. The Labute approximate surface area is 137 Å². The second-order valence-corrected chi connectivity index (χ2v) is 5.13. The van der Waals surface area contributed by atoms with E-state index in [2.05, 4.69) is 10.6 Å². The minimum absolute atomic E-state index is 0.00445. The number of halogens is 1. The lowest BCUT2D eigenvalue weighted by Gasteiger charge is -2.13. The number of carbonyl (C=O) groups is 1. The van der Waals surface area contributed by atoms with Crippen molar-refractivity contribution in [2.24, 2.45) is 0 Å². The highest BCUT2D eigenvalue weighted by Gasteiger charge is 2.17. The van der Waals surface area contributed by atoms with Crippen molar-refractivity contribution in [3.8, 4) is 0 Å². The first-order valence-electron chi connectivity index (χ1n) is 7.46. The fraction of sp³-hybridized carbons (Fsp3) is 0.111. The maximum absolute atomic E-state index is 13.3. The summed E-state index contributed by atoms with van der Waals surface area (Å²) in [5.74, 6) is -1.11. The first-order valence-corrected chi connectivity index (χ1v) is 7.46.